The number of rotatable bonds is 3. The summed E-state index contributed by atoms with van der Waals surface area (Å²) in [5, 5.41) is 28.2. The Morgan fingerprint density at radius 2 is 1.72 bits per heavy atom. The summed E-state index contributed by atoms with van der Waals surface area (Å²) in [5.74, 6) is 0.536. The quantitative estimate of drug-likeness (QED) is 0.504. The van der Waals surface area contributed by atoms with E-state index < -0.39 is 0 Å². The molecule has 1 N–H and O–H groups in total. The zero-order valence-electron chi connectivity index (χ0n) is 15.1. The lowest BCUT2D eigenvalue weighted by Gasteiger charge is -2.09. The summed E-state index contributed by atoms with van der Waals surface area (Å²) in [4.78, 5) is 4.33. The summed E-state index contributed by atoms with van der Waals surface area (Å²) in [5.41, 5.74) is 4.33. The van der Waals surface area contributed by atoms with E-state index in [1.165, 1.54) is 0 Å². The first-order chi connectivity index (χ1) is 14.4. The van der Waals surface area contributed by atoms with Crippen molar-refractivity contribution < 1.29 is 5.11 Å². The Bertz CT molecular complexity index is 1500. The third-order valence-corrected chi connectivity index (χ3v) is 5.02. The minimum Gasteiger partial charge on any atom is -0.390 e. The molecule has 0 aliphatic carbocycles. The van der Waals surface area contributed by atoms with Crippen LogP contribution in [0.1, 0.15) is 5.69 Å². The minimum absolute atomic E-state index is 0.264. The van der Waals surface area contributed by atoms with E-state index in [-0.39, 0.29) is 6.61 Å². The van der Waals surface area contributed by atoms with Crippen molar-refractivity contribution >= 4 is 22.2 Å². The zero-order valence-corrected chi connectivity index (χ0v) is 15.1. The molecule has 0 saturated heterocycles. The molecule has 0 bridgehead atoms. The fourth-order valence-electron chi connectivity index (χ4n) is 3.73. The van der Waals surface area contributed by atoms with Crippen molar-refractivity contribution in [1.82, 2.24) is 39.0 Å². The lowest BCUT2D eigenvalue weighted by molar-refractivity contribution is 0.277. The van der Waals surface area contributed by atoms with Crippen LogP contribution in [-0.2, 0) is 6.61 Å². The molecule has 140 valence electrons. The molecule has 0 atom stereocenters. The summed E-state index contributed by atoms with van der Waals surface area (Å²) >= 11 is 0. The predicted molar refractivity (Wildman–Crippen MR) is 106 cm³/mol. The first kappa shape index (κ1) is 15.9. The first-order valence-corrected chi connectivity index (χ1v) is 9.06. The lowest BCUT2D eigenvalue weighted by Crippen LogP contribution is -2.04. The maximum Gasteiger partial charge on any atom is 0.190 e. The Balaban J connectivity index is 1.76. The van der Waals surface area contributed by atoms with Gasteiger partial charge in [-0.25, -0.2) is 9.67 Å². The zero-order chi connectivity index (χ0) is 19.4. The molecule has 0 amide bonds. The summed E-state index contributed by atoms with van der Waals surface area (Å²) in [6, 6.07) is 17.6. The van der Waals surface area contributed by atoms with Gasteiger partial charge in [-0.05, 0) is 24.3 Å². The molecule has 0 unspecified atom stereocenters. The van der Waals surface area contributed by atoms with Crippen molar-refractivity contribution in [2.45, 2.75) is 6.61 Å². The van der Waals surface area contributed by atoms with Crippen molar-refractivity contribution in [3.8, 4) is 17.2 Å². The average Bonchev–Trinajstić information content (AvgIpc) is 3.51. The summed E-state index contributed by atoms with van der Waals surface area (Å²) in [6.45, 7) is -0.264. The van der Waals surface area contributed by atoms with Crippen LogP contribution in [0, 0.1) is 0 Å². The summed E-state index contributed by atoms with van der Waals surface area (Å²) in [7, 11) is 0. The summed E-state index contributed by atoms with van der Waals surface area (Å²) < 4.78 is 5.58. The molecule has 4 heterocycles. The monoisotopic (exact) mass is 382 g/mol. The number of para-hydroxylation sites is 2. The fraction of sp³-hybridized carbons (Fsp3) is 0.0500. The average molecular weight is 382 g/mol. The second-order valence-corrected chi connectivity index (χ2v) is 6.61. The van der Waals surface area contributed by atoms with Gasteiger partial charge >= 0.3 is 0 Å². The first-order valence-electron chi connectivity index (χ1n) is 9.06. The van der Waals surface area contributed by atoms with Crippen LogP contribution in [-0.4, -0.2) is 44.1 Å². The lowest BCUT2D eigenvalue weighted by atomic mass is 10.2. The number of aromatic nitrogens is 8. The highest BCUT2D eigenvalue weighted by atomic mass is 16.3. The Kier molecular flexibility index (Phi) is 3.26. The van der Waals surface area contributed by atoms with Crippen LogP contribution in [0.4, 0.5) is 0 Å². The van der Waals surface area contributed by atoms with Gasteiger partial charge in [0.1, 0.15) is 23.4 Å². The molecule has 0 saturated carbocycles. The maximum atomic E-state index is 9.90. The number of hydrogen-bond donors (Lipinski definition) is 1. The smallest absolute Gasteiger partial charge is 0.190 e. The third-order valence-electron chi connectivity index (χ3n) is 5.02. The molecule has 2 aromatic carbocycles. The molecular weight excluding hydrogens is 368 g/mol. The van der Waals surface area contributed by atoms with Gasteiger partial charge in [-0.2, -0.15) is 0 Å². The van der Waals surface area contributed by atoms with E-state index in [2.05, 4.69) is 25.5 Å². The number of fused-ring (bicyclic) bond motifs is 6. The Morgan fingerprint density at radius 1 is 0.897 bits per heavy atom. The minimum atomic E-state index is -0.264. The van der Waals surface area contributed by atoms with Gasteiger partial charge < -0.3 is 5.11 Å². The molecular formula is C20H14N8O. The largest absolute Gasteiger partial charge is 0.390 e. The molecule has 29 heavy (non-hydrogen) atoms. The molecule has 0 radical (unpaired) electrons. The van der Waals surface area contributed by atoms with Gasteiger partial charge in [-0.1, -0.05) is 35.5 Å². The predicted octanol–water partition coefficient (Wildman–Crippen LogP) is 2.27. The molecule has 9 nitrogen and oxygen atoms in total. The molecule has 9 heteroatoms. The Morgan fingerprint density at radius 3 is 2.59 bits per heavy atom. The van der Waals surface area contributed by atoms with E-state index in [0.717, 1.165) is 22.2 Å². The SMILES string of the molecule is OCc1nnn(-c2ccccc2)c1-c1nnc2c3ccccc3n3cncc3n12. The van der Waals surface area contributed by atoms with Crippen LogP contribution in [0.25, 0.3) is 39.4 Å². The number of nitrogens with zero attached hydrogens (tertiary/aromatic N) is 8. The summed E-state index contributed by atoms with van der Waals surface area (Å²) in [6.07, 6.45) is 3.53. The standard InChI is InChI=1S/C20H14N8O/c29-11-15-18(28(25-22-15)13-6-2-1-3-7-13)20-24-23-19-14-8-4-5-9-16(14)26-12-21-10-17(26)27(19)20/h1-10,12,29H,11H2. The Labute approximate surface area is 163 Å². The number of benzene rings is 2. The number of aliphatic hydroxyl groups excluding tert-OH is 1. The van der Waals surface area contributed by atoms with Gasteiger partial charge in [0.25, 0.3) is 0 Å². The fourth-order valence-corrected chi connectivity index (χ4v) is 3.73. The van der Waals surface area contributed by atoms with Crippen LogP contribution in [0.2, 0.25) is 0 Å². The number of aliphatic hydroxyl groups is 1. The van der Waals surface area contributed by atoms with Crippen LogP contribution in [0.5, 0.6) is 0 Å². The van der Waals surface area contributed by atoms with Gasteiger partial charge in [0, 0.05) is 5.39 Å². The number of imidazole rings is 1. The van der Waals surface area contributed by atoms with Crippen molar-refractivity contribution in [1.29, 1.82) is 0 Å². The Hall–Kier alpha value is -4.11. The van der Waals surface area contributed by atoms with Crippen LogP contribution in [0.15, 0.2) is 67.1 Å². The topological polar surface area (TPSA) is 98.4 Å². The van der Waals surface area contributed by atoms with E-state index in [1.807, 2.05) is 63.4 Å². The third kappa shape index (κ3) is 2.15. The van der Waals surface area contributed by atoms with Crippen molar-refractivity contribution in [3.05, 3.63) is 72.8 Å². The van der Waals surface area contributed by atoms with Crippen molar-refractivity contribution in [2.75, 3.05) is 0 Å². The van der Waals surface area contributed by atoms with Gasteiger partial charge in [0.05, 0.1) is 24.0 Å². The van der Waals surface area contributed by atoms with E-state index >= 15 is 0 Å². The highest BCUT2D eigenvalue weighted by Gasteiger charge is 2.23. The molecule has 0 aliphatic rings. The van der Waals surface area contributed by atoms with Crippen LogP contribution < -0.4 is 0 Å². The van der Waals surface area contributed by atoms with Crippen molar-refractivity contribution in [3.63, 3.8) is 0 Å². The highest BCUT2D eigenvalue weighted by Crippen LogP contribution is 2.29. The molecule has 0 spiro atoms. The van der Waals surface area contributed by atoms with E-state index in [4.69, 9.17) is 0 Å². The molecule has 6 rings (SSSR count). The van der Waals surface area contributed by atoms with E-state index in [0.29, 0.717) is 22.9 Å². The molecule has 6 aromatic rings. The van der Waals surface area contributed by atoms with Gasteiger partial charge in [0.15, 0.2) is 11.5 Å². The normalized spacial score (nSPS) is 11.8. The molecule has 0 aliphatic heterocycles. The van der Waals surface area contributed by atoms with Crippen molar-refractivity contribution in [2.24, 2.45) is 0 Å². The second-order valence-electron chi connectivity index (χ2n) is 6.61. The molecule has 0 fully saturated rings. The van der Waals surface area contributed by atoms with Gasteiger partial charge in [0.2, 0.25) is 0 Å². The second kappa shape index (κ2) is 5.94. The highest BCUT2D eigenvalue weighted by molar-refractivity contribution is 5.94. The van der Waals surface area contributed by atoms with Crippen LogP contribution in [0.3, 0.4) is 0 Å². The molecule has 4 aromatic heterocycles. The maximum absolute atomic E-state index is 9.90. The van der Waals surface area contributed by atoms with Gasteiger partial charge in [-0.15, -0.1) is 15.3 Å². The van der Waals surface area contributed by atoms with E-state index in [1.54, 1.807) is 17.2 Å². The number of hydrogen-bond acceptors (Lipinski definition) is 6. The van der Waals surface area contributed by atoms with E-state index in [9.17, 15) is 5.11 Å². The van der Waals surface area contributed by atoms with Crippen LogP contribution >= 0.6 is 0 Å². The van der Waals surface area contributed by atoms with Gasteiger partial charge in [-0.3, -0.25) is 8.80 Å².